The molecule has 1 aromatic carbocycles. The maximum atomic E-state index is 12.0. The minimum atomic E-state index is -0.255. The Morgan fingerprint density at radius 3 is 1.80 bits per heavy atom. The summed E-state index contributed by atoms with van der Waals surface area (Å²) in [5.74, 6) is 7.74. The van der Waals surface area contributed by atoms with Crippen LogP contribution in [0.4, 0.5) is 4.39 Å². The quantitative estimate of drug-likeness (QED) is 0.446. The monoisotopic (exact) mass is 162 g/mol. The summed E-state index contributed by atoms with van der Waals surface area (Å²) >= 11 is 5.44. The number of rotatable bonds is 0. The van der Waals surface area contributed by atoms with E-state index >= 15 is 0 Å². The molecule has 56 valence electrons. The van der Waals surface area contributed by atoms with Gasteiger partial charge < -0.3 is 0 Å². The van der Waals surface area contributed by atoms with Gasteiger partial charge in [0.1, 0.15) is 5.82 Å². The first kappa shape index (κ1) is 9.36. The van der Waals surface area contributed by atoms with Gasteiger partial charge in [0.2, 0.25) is 0 Å². The van der Waals surface area contributed by atoms with Crippen LogP contribution in [0.1, 0.15) is 0 Å². The van der Waals surface area contributed by atoms with E-state index in [4.69, 9.17) is 11.6 Å². The fraction of sp³-hybridized carbons (Fsp3) is 0. The first-order chi connectivity index (χ1) is 4.79. The molecule has 0 aromatic heterocycles. The number of benzene rings is 1. The molecule has 2 nitrogen and oxygen atoms in total. The number of halogens is 2. The minimum Gasteiger partial charge on any atom is -0.274 e. The molecule has 0 amide bonds. The van der Waals surface area contributed by atoms with Crippen LogP contribution >= 0.6 is 11.6 Å². The maximum Gasteiger partial charge on any atom is 0.123 e. The van der Waals surface area contributed by atoms with Gasteiger partial charge >= 0.3 is 0 Å². The van der Waals surface area contributed by atoms with Gasteiger partial charge in [-0.25, -0.2) is 4.39 Å². The van der Waals surface area contributed by atoms with Crippen LogP contribution < -0.4 is 11.7 Å². The van der Waals surface area contributed by atoms with Crippen molar-refractivity contribution >= 4 is 11.6 Å². The van der Waals surface area contributed by atoms with E-state index in [1.165, 1.54) is 24.3 Å². The Labute approximate surface area is 63.6 Å². The van der Waals surface area contributed by atoms with E-state index in [0.717, 1.165) is 0 Å². The topological polar surface area (TPSA) is 52.0 Å². The van der Waals surface area contributed by atoms with Crippen molar-refractivity contribution in [2.45, 2.75) is 0 Å². The van der Waals surface area contributed by atoms with Gasteiger partial charge in [-0.15, -0.1) is 0 Å². The summed E-state index contributed by atoms with van der Waals surface area (Å²) < 4.78 is 12.0. The van der Waals surface area contributed by atoms with Crippen molar-refractivity contribution in [3.8, 4) is 0 Å². The predicted molar refractivity (Wildman–Crippen MR) is 39.8 cm³/mol. The Balaban J connectivity index is 0.000000371. The van der Waals surface area contributed by atoms with Gasteiger partial charge in [-0.05, 0) is 24.3 Å². The van der Waals surface area contributed by atoms with Gasteiger partial charge in [0.15, 0.2) is 0 Å². The molecule has 1 aromatic rings. The summed E-state index contributed by atoms with van der Waals surface area (Å²) in [5, 5.41) is 0.561. The van der Waals surface area contributed by atoms with Gasteiger partial charge in [0.25, 0.3) is 0 Å². The third kappa shape index (κ3) is 3.40. The van der Waals surface area contributed by atoms with Crippen molar-refractivity contribution in [1.29, 1.82) is 0 Å². The van der Waals surface area contributed by atoms with E-state index in [-0.39, 0.29) is 5.82 Å². The molecule has 10 heavy (non-hydrogen) atoms. The first-order valence-electron chi connectivity index (χ1n) is 2.53. The van der Waals surface area contributed by atoms with E-state index in [1.807, 2.05) is 0 Å². The summed E-state index contributed by atoms with van der Waals surface area (Å²) in [6.07, 6.45) is 0. The molecule has 1 rings (SSSR count). The Morgan fingerprint density at radius 2 is 1.50 bits per heavy atom. The molecule has 4 heteroatoms. The molecule has 0 atom stereocenters. The average molecular weight is 163 g/mol. The standard InChI is InChI=1S/C6H4ClF.H4N2/c7-5-1-3-6(8)4-2-5;1-2/h1-4H;1-2H2. The largest absolute Gasteiger partial charge is 0.274 e. The van der Waals surface area contributed by atoms with E-state index in [0.29, 0.717) is 5.02 Å². The Hall–Kier alpha value is -0.640. The lowest BCUT2D eigenvalue weighted by Gasteiger charge is -1.84. The van der Waals surface area contributed by atoms with Crippen LogP contribution in [-0.4, -0.2) is 0 Å². The highest BCUT2D eigenvalue weighted by Gasteiger charge is 1.85. The van der Waals surface area contributed by atoms with E-state index < -0.39 is 0 Å². The van der Waals surface area contributed by atoms with Crippen LogP contribution in [0.5, 0.6) is 0 Å². The second-order valence-corrected chi connectivity index (χ2v) is 1.87. The number of hydrogen-bond donors (Lipinski definition) is 2. The summed E-state index contributed by atoms with van der Waals surface area (Å²) in [4.78, 5) is 0. The highest BCUT2D eigenvalue weighted by Crippen LogP contribution is 2.07. The number of hydrogen-bond acceptors (Lipinski definition) is 2. The van der Waals surface area contributed by atoms with Crippen molar-refractivity contribution < 1.29 is 4.39 Å². The molecule has 0 radical (unpaired) electrons. The molecule has 0 heterocycles. The molecule has 0 bridgehead atoms. The Kier molecular flexibility index (Phi) is 4.84. The summed E-state index contributed by atoms with van der Waals surface area (Å²) in [7, 11) is 0. The zero-order valence-corrected chi connectivity index (χ0v) is 5.98. The summed E-state index contributed by atoms with van der Waals surface area (Å²) in [6.45, 7) is 0. The van der Waals surface area contributed by atoms with Crippen LogP contribution in [0.2, 0.25) is 5.02 Å². The third-order valence-corrected chi connectivity index (χ3v) is 1.06. The Morgan fingerprint density at radius 1 is 1.10 bits per heavy atom. The van der Waals surface area contributed by atoms with Crippen molar-refractivity contribution in [2.24, 2.45) is 11.7 Å². The van der Waals surface area contributed by atoms with Gasteiger partial charge in [-0.2, -0.15) is 0 Å². The van der Waals surface area contributed by atoms with Crippen LogP contribution in [0.3, 0.4) is 0 Å². The van der Waals surface area contributed by atoms with Crippen molar-refractivity contribution in [1.82, 2.24) is 0 Å². The predicted octanol–water partition coefficient (Wildman–Crippen LogP) is 1.30. The maximum absolute atomic E-state index is 12.0. The van der Waals surface area contributed by atoms with E-state index in [9.17, 15) is 4.39 Å². The third-order valence-electron chi connectivity index (χ3n) is 0.804. The van der Waals surface area contributed by atoms with Crippen molar-refractivity contribution in [3.63, 3.8) is 0 Å². The zero-order valence-electron chi connectivity index (χ0n) is 5.22. The number of nitrogens with two attached hydrogens (primary N) is 2. The zero-order chi connectivity index (χ0) is 7.98. The van der Waals surface area contributed by atoms with Crippen LogP contribution in [-0.2, 0) is 0 Å². The molecule has 0 spiro atoms. The molecule has 0 fully saturated rings. The highest BCUT2D eigenvalue weighted by atomic mass is 35.5. The second-order valence-electron chi connectivity index (χ2n) is 1.44. The van der Waals surface area contributed by atoms with E-state index in [1.54, 1.807) is 0 Å². The molecule has 0 saturated heterocycles. The molecule has 0 aliphatic rings. The van der Waals surface area contributed by atoms with Gasteiger partial charge in [0.05, 0.1) is 0 Å². The molecular weight excluding hydrogens is 155 g/mol. The van der Waals surface area contributed by atoms with Crippen LogP contribution in [0.15, 0.2) is 24.3 Å². The van der Waals surface area contributed by atoms with Crippen LogP contribution in [0, 0.1) is 5.82 Å². The average Bonchev–Trinajstić information content (AvgIpc) is 2.00. The van der Waals surface area contributed by atoms with Gasteiger partial charge in [-0.1, -0.05) is 11.6 Å². The lowest BCUT2D eigenvalue weighted by atomic mass is 10.4. The fourth-order valence-corrected chi connectivity index (χ4v) is 0.556. The first-order valence-corrected chi connectivity index (χ1v) is 2.91. The SMILES string of the molecule is Fc1ccc(Cl)cc1.NN. The molecule has 4 N–H and O–H groups in total. The molecule has 0 unspecified atom stereocenters. The van der Waals surface area contributed by atoms with E-state index in [2.05, 4.69) is 11.7 Å². The lowest BCUT2D eigenvalue weighted by molar-refractivity contribution is 0.628. The number of hydrazine groups is 1. The van der Waals surface area contributed by atoms with Crippen molar-refractivity contribution in [3.05, 3.63) is 35.1 Å². The summed E-state index contributed by atoms with van der Waals surface area (Å²) in [6, 6.07) is 5.67. The Bertz CT molecular complexity index is 155. The minimum absolute atomic E-state index is 0.255. The normalized spacial score (nSPS) is 8.00. The molecule has 0 aliphatic heterocycles. The highest BCUT2D eigenvalue weighted by molar-refractivity contribution is 6.30. The lowest BCUT2D eigenvalue weighted by Crippen LogP contribution is -2.02. The second kappa shape index (κ2) is 5.17. The van der Waals surface area contributed by atoms with Gasteiger partial charge in [-0.3, -0.25) is 11.7 Å². The van der Waals surface area contributed by atoms with Crippen LogP contribution in [0.25, 0.3) is 0 Å². The molecule has 0 saturated carbocycles. The molecule has 0 aliphatic carbocycles. The summed E-state index contributed by atoms with van der Waals surface area (Å²) in [5.41, 5.74) is 0. The molecular formula is C6H8ClFN2. The van der Waals surface area contributed by atoms with Gasteiger partial charge in [0, 0.05) is 5.02 Å². The fourth-order valence-electron chi connectivity index (χ4n) is 0.430. The smallest absolute Gasteiger partial charge is 0.123 e. The van der Waals surface area contributed by atoms with Crippen molar-refractivity contribution in [2.75, 3.05) is 0 Å².